The van der Waals surface area contributed by atoms with Gasteiger partial charge in [0, 0.05) is 4.88 Å². The summed E-state index contributed by atoms with van der Waals surface area (Å²) in [5.41, 5.74) is 2.89. The van der Waals surface area contributed by atoms with Crippen LogP contribution in [0.4, 0.5) is 0 Å². The van der Waals surface area contributed by atoms with E-state index < -0.39 is 0 Å². The van der Waals surface area contributed by atoms with Gasteiger partial charge in [-0.1, -0.05) is 25.5 Å². The number of hydrogen-bond donors (Lipinski definition) is 1. The molecule has 6 heteroatoms. The van der Waals surface area contributed by atoms with Gasteiger partial charge >= 0.3 is 0 Å². The Balaban J connectivity index is 1.73. The Morgan fingerprint density at radius 2 is 2.20 bits per heavy atom. The van der Waals surface area contributed by atoms with Gasteiger partial charge in [0.25, 0.3) is 0 Å². The summed E-state index contributed by atoms with van der Waals surface area (Å²) in [5.74, 6) is 1.52. The van der Waals surface area contributed by atoms with E-state index >= 15 is 0 Å². The fourth-order valence-electron chi connectivity index (χ4n) is 3.77. The predicted molar refractivity (Wildman–Crippen MR) is 99.1 cm³/mol. The number of thiophene rings is 1. The molecule has 1 aromatic carbocycles. The van der Waals surface area contributed by atoms with Gasteiger partial charge in [0.05, 0.1) is 10.9 Å². The summed E-state index contributed by atoms with van der Waals surface area (Å²) in [6, 6.07) is 7.18. The molecule has 0 aliphatic heterocycles. The number of rotatable bonds is 2. The van der Waals surface area contributed by atoms with E-state index in [0.29, 0.717) is 11.4 Å². The van der Waals surface area contributed by atoms with E-state index in [2.05, 4.69) is 17.0 Å². The molecule has 3 heterocycles. The Hall–Kier alpha value is -2.47. The monoisotopic (exact) mass is 350 g/mol. The van der Waals surface area contributed by atoms with E-state index in [9.17, 15) is 5.11 Å². The van der Waals surface area contributed by atoms with Crippen molar-refractivity contribution in [1.29, 1.82) is 0 Å². The fourth-order valence-corrected chi connectivity index (χ4v) is 5.06. The SMILES string of the molecule is CC[C@H]1CCc2c(sc3ncn4nc(-c5ccccc5O)nc4c23)C1. The quantitative estimate of drug-likeness (QED) is 0.588. The lowest BCUT2D eigenvalue weighted by Crippen LogP contribution is -2.11. The molecule has 0 amide bonds. The minimum Gasteiger partial charge on any atom is -0.507 e. The van der Waals surface area contributed by atoms with E-state index in [1.807, 2.05) is 12.1 Å². The van der Waals surface area contributed by atoms with Crippen LogP contribution in [0.2, 0.25) is 0 Å². The van der Waals surface area contributed by atoms with Crippen LogP contribution in [-0.4, -0.2) is 24.7 Å². The van der Waals surface area contributed by atoms with Crippen LogP contribution < -0.4 is 0 Å². The molecule has 1 aliphatic carbocycles. The maximum absolute atomic E-state index is 10.1. The molecule has 1 atom stereocenters. The molecule has 0 unspecified atom stereocenters. The summed E-state index contributed by atoms with van der Waals surface area (Å²) < 4.78 is 1.74. The highest BCUT2D eigenvalue weighted by Gasteiger charge is 2.25. The Morgan fingerprint density at radius 3 is 3.04 bits per heavy atom. The molecule has 0 spiro atoms. The third-order valence-corrected chi connectivity index (χ3v) is 6.37. The van der Waals surface area contributed by atoms with Gasteiger partial charge in [0.2, 0.25) is 0 Å². The van der Waals surface area contributed by atoms with Crippen LogP contribution in [0.3, 0.4) is 0 Å². The van der Waals surface area contributed by atoms with Crippen molar-refractivity contribution in [1.82, 2.24) is 19.6 Å². The number of para-hydroxylation sites is 1. The third-order valence-electron chi connectivity index (χ3n) is 5.21. The van der Waals surface area contributed by atoms with Crippen LogP contribution in [-0.2, 0) is 12.8 Å². The molecule has 0 saturated heterocycles. The van der Waals surface area contributed by atoms with Crippen LogP contribution in [0, 0.1) is 5.92 Å². The molecule has 3 aromatic heterocycles. The van der Waals surface area contributed by atoms with E-state index in [-0.39, 0.29) is 5.75 Å². The lowest BCUT2D eigenvalue weighted by molar-refractivity contribution is 0.451. The van der Waals surface area contributed by atoms with Crippen molar-refractivity contribution in [2.45, 2.75) is 32.6 Å². The highest BCUT2D eigenvalue weighted by atomic mass is 32.1. The number of aryl methyl sites for hydroxylation is 1. The minimum atomic E-state index is 0.195. The minimum absolute atomic E-state index is 0.195. The van der Waals surface area contributed by atoms with Crippen LogP contribution >= 0.6 is 11.3 Å². The second-order valence-corrected chi connectivity index (χ2v) is 7.75. The standard InChI is InChI=1S/C19H18N4OS/c1-2-11-7-8-13-15(9-11)25-19-16(13)18-21-17(22-23(18)10-20-19)12-5-3-4-6-14(12)24/h3-6,10-11,24H,2,7-9H2,1H3/t11-/m0/s1. The average Bonchev–Trinajstić information content (AvgIpc) is 3.21. The Bertz CT molecular complexity index is 1100. The van der Waals surface area contributed by atoms with Crippen LogP contribution in [0.1, 0.15) is 30.2 Å². The molecule has 1 N–H and O–H groups in total. The number of fused-ring (bicyclic) bond motifs is 5. The number of aromatic hydroxyl groups is 1. The molecule has 0 bridgehead atoms. The first-order chi connectivity index (χ1) is 12.2. The molecule has 0 saturated carbocycles. The van der Waals surface area contributed by atoms with Crippen molar-refractivity contribution in [3.05, 3.63) is 41.0 Å². The Morgan fingerprint density at radius 1 is 1.32 bits per heavy atom. The molecule has 5 rings (SSSR count). The first-order valence-electron chi connectivity index (χ1n) is 8.68. The lowest BCUT2D eigenvalue weighted by atomic mass is 9.86. The highest BCUT2D eigenvalue weighted by molar-refractivity contribution is 7.19. The molecule has 25 heavy (non-hydrogen) atoms. The fraction of sp³-hybridized carbons (Fsp3) is 0.316. The average molecular weight is 350 g/mol. The zero-order valence-corrected chi connectivity index (χ0v) is 14.8. The van der Waals surface area contributed by atoms with Crippen molar-refractivity contribution in [3.63, 3.8) is 0 Å². The van der Waals surface area contributed by atoms with E-state index in [0.717, 1.165) is 34.6 Å². The maximum Gasteiger partial charge on any atom is 0.185 e. The predicted octanol–water partition coefficient (Wildman–Crippen LogP) is 4.23. The summed E-state index contributed by atoms with van der Waals surface area (Å²) in [4.78, 5) is 11.9. The number of aromatic nitrogens is 4. The van der Waals surface area contributed by atoms with Crippen molar-refractivity contribution in [2.24, 2.45) is 5.92 Å². The smallest absolute Gasteiger partial charge is 0.185 e. The van der Waals surface area contributed by atoms with Crippen molar-refractivity contribution in [2.75, 3.05) is 0 Å². The van der Waals surface area contributed by atoms with E-state index in [4.69, 9.17) is 4.98 Å². The molecular weight excluding hydrogens is 332 g/mol. The van der Waals surface area contributed by atoms with Crippen LogP contribution in [0.5, 0.6) is 5.75 Å². The number of hydrogen-bond acceptors (Lipinski definition) is 5. The highest BCUT2D eigenvalue weighted by Crippen LogP contribution is 2.39. The topological polar surface area (TPSA) is 63.3 Å². The summed E-state index contributed by atoms with van der Waals surface area (Å²) in [5, 5.41) is 15.8. The molecule has 126 valence electrons. The normalized spacial score (nSPS) is 17.2. The number of nitrogens with zero attached hydrogens (tertiary/aromatic N) is 4. The number of phenols is 1. The third kappa shape index (κ3) is 2.24. The summed E-state index contributed by atoms with van der Waals surface area (Å²) >= 11 is 1.80. The number of benzene rings is 1. The molecule has 1 aliphatic rings. The van der Waals surface area contributed by atoms with Gasteiger partial charge in [0.1, 0.15) is 16.9 Å². The Kier molecular flexibility index (Phi) is 3.28. The van der Waals surface area contributed by atoms with Gasteiger partial charge in [-0.15, -0.1) is 16.4 Å². The van der Waals surface area contributed by atoms with E-state index in [1.165, 1.54) is 23.3 Å². The van der Waals surface area contributed by atoms with Gasteiger partial charge in [-0.05, 0) is 42.9 Å². The molecule has 0 fully saturated rings. The van der Waals surface area contributed by atoms with Crippen LogP contribution in [0.15, 0.2) is 30.6 Å². The van der Waals surface area contributed by atoms with Crippen molar-refractivity contribution >= 4 is 27.2 Å². The first kappa shape index (κ1) is 14.8. The largest absolute Gasteiger partial charge is 0.507 e. The summed E-state index contributed by atoms with van der Waals surface area (Å²) in [6.45, 7) is 2.27. The van der Waals surface area contributed by atoms with Crippen LogP contribution in [0.25, 0.3) is 27.3 Å². The van der Waals surface area contributed by atoms with Gasteiger partial charge in [-0.3, -0.25) is 0 Å². The zero-order chi connectivity index (χ0) is 17.0. The molecular formula is C19H18N4OS. The van der Waals surface area contributed by atoms with Gasteiger partial charge in [0.15, 0.2) is 11.5 Å². The Labute approximate surface area is 149 Å². The van der Waals surface area contributed by atoms with E-state index in [1.54, 1.807) is 34.3 Å². The van der Waals surface area contributed by atoms with Gasteiger partial charge < -0.3 is 5.11 Å². The van der Waals surface area contributed by atoms with Crippen molar-refractivity contribution in [3.8, 4) is 17.1 Å². The molecule has 4 aromatic rings. The lowest BCUT2D eigenvalue weighted by Gasteiger charge is -2.20. The second kappa shape index (κ2) is 5.52. The summed E-state index contributed by atoms with van der Waals surface area (Å²) in [6.07, 6.45) is 6.44. The summed E-state index contributed by atoms with van der Waals surface area (Å²) in [7, 11) is 0. The molecule has 0 radical (unpaired) electrons. The van der Waals surface area contributed by atoms with Gasteiger partial charge in [-0.2, -0.15) is 0 Å². The first-order valence-corrected chi connectivity index (χ1v) is 9.50. The second-order valence-electron chi connectivity index (χ2n) is 6.67. The van der Waals surface area contributed by atoms with Gasteiger partial charge in [-0.25, -0.2) is 14.5 Å². The van der Waals surface area contributed by atoms with Crippen molar-refractivity contribution < 1.29 is 5.11 Å². The maximum atomic E-state index is 10.1. The molecule has 5 nitrogen and oxygen atoms in total. The zero-order valence-electron chi connectivity index (χ0n) is 13.9. The number of phenolic OH excluding ortho intramolecular Hbond substituents is 1.